The van der Waals surface area contributed by atoms with E-state index in [1.807, 2.05) is 43.6 Å². The molecule has 1 aromatic carbocycles. The zero-order valence-electron chi connectivity index (χ0n) is 13.2. The average molecular weight is 320 g/mol. The molecule has 0 saturated carbocycles. The predicted molar refractivity (Wildman–Crippen MR) is 90.5 cm³/mol. The fourth-order valence-electron chi connectivity index (χ4n) is 2.70. The van der Waals surface area contributed by atoms with Gasteiger partial charge in [0.05, 0.1) is 0 Å². The van der Waals surface area contributed by atoms with Crippen molar-refractivity contribution in [3.8, 4) is 11.4 Å². The first kappa shape index (κ1) is 14.4. The summed E-state index contributed by atoms with van der Waals surface area (Å²) in [5.74, 6) is 0.851. The molecule has 0 unspecified atom stereocenters. The fraction of sp³-hybridized carbons (Fsp3) is 0.176. The van der Waals surface area contributed by atoms with E-state index in [1.54, 1.807) is 12.4 Å². The number of fused-ring (bicyclic) bond motifs is 1. The molecule has 7 heteroatoms. The molecule has 0 aliphatic rings. The number of anilines is 1. The Morgan fingerprint density at radius 3 is 3.04 bits per heavy atom. The molecule has 120 valence electrons. The third kappa shape index (κ3) is 2.60. The van der Waals surface area contributed by atoms with Crippen LogP contribution in [0.4, 0.5) is 5.69 Å². The van der Waals surface area contributed by atoms with E-state index in [1.165, 1.54) is 0 Å². The summed E-state index contributed by atoms with van der Waals surface area (Å²) in [6, 6.07) is 7.76. The Hall–Kier alpha value is -3.22. The second kappa shape index (κ2) is 6.11. The summed E-state index contributed by atoms with van der Waals surface area (Å²) < 4.78 is 6.93. The average Bonchev–Trinajstić information content (AvgIpc) is 3.25. The van der Waals surface area contributed by atoms with Crippen molar-refractivity contribution in [1.29, 1.82) is 0 Å². The molecule has 0 aliphatic heterocycles. The minimum Gasteiger partial charge on any atom is -0.383 e. The molecule has 0 amide bonds. The van der Waals surface area contributed by atoms with Crippen molar-refractivity contribution in [3.05, 3.63) is 54.6 Å². The molecule has 0 bridgehead atoms. The number of benzene rings is 1. The van der Waals surface area contributed by atoms with Crippen LogP contribution in [0.2, 0.25) is 0 Å². The molecular formula is C17H16N6O. The second-order valence-electron chi connectivity index (χ2n) is 5.50. The number of nitrogens with one attached hydrogen (secondary N) is 1. The van der Waals surface area contributed by atoms with Crippen LogP contribution in [-0.4, -0.2) is 31.4 Å². The van der Waals surface area contributed by atoms with Crippen molar-refractivity contribution in [2.45, 2.75) is 13.5 Å². The molecule has 1 N–H and O–H groups in total. The van der Waals surface area contributed by atoms with E-state index >= 15 is 0 Å². The molecule has 3 heterocycles. The van der Waals surface area contributed by atoms with E-state index in [0.29, 0.717) is 0 Å². The van der Waals surface area contributed by atoms with Gasteiger partial charge in [-0.25, -0.2) is 9.61 Å². The van der Waals surface area contributed by atoms with Gasteiger partial charge in [-0.2, -0.15) is 0 Å². The molecule has 4 rings (SSSR count). The smallest absolute Gasteiger partial charge is 0.146 e. The molecule has 0 radical (unpaired) electrons. The summed E-state index contributed by atoms with van der Waals surface area (Å²) in [6.07, 6.45) is 7.39. The predicted octanol–water partition coefficient (Wildman–Crippen LogP) is 2.90. The lowest BCUT2D eigenvalue weighted by atomic mass is 10.1. The molecule has 0 atom stereocenters. The largest absolute Gasteiger partial charge is 0.383 e. The van der Waals surface area contributed by atoms with Crippen LogP contribution in [0.5, 0.6) is 0 Å². The van der Waals surface area contributed by atoms with Crippen LogP contribution >= 0.6 is 0 Å². The third-order valence-corrected chi connectivity index (χ3v) is 3.93. The van der Waals surface area contributed by atoms with Crippen molar-refractivity contribution in [3.63, 3.8) is 0 Å². The summed E-state index contributed by atoms with van der Waals surface area (Å²) in [7, 11) is 0. The Bertz CT molecular complexity index is 974. The first-order valence-corrected chi connectivity index (χ1v) is 7.70. The third-order valence-electron chi connectivity index (χ3n) is 3.93. The summed E-state index contributed by atoms with van der Waals surface area (Å²) in [5, 5.41) is 11.3. The molecule has 0 spiro atoms. The Balaban J connectivity index is 1.55. The molecule has 0 saturated heterocycles. The summed E-state index contributed by atoms with van der Waals surface area (Å²) in [5.41, 5.74) is 4.59. The van der Waals surface area contributed by atoms with E-state index in [9.17, 15) is 0 Å². The maximum absolute atomic E-state index is 4.84. The first-order chi connectivity index (χ1) is 11.8. The number of rotatable bonds is 5. The van der Waals surface area contributed by atoms with Crippen molar-refractivity contribution >= 4 is 16.7 Å². The quantitative estimate of drug-likeness (QED) is 0.609. The number of imidazole rings is 1. The van der Waals surface area contributed by atoms with Gasteiger partial charge in [0.1, 0.15) is 16.9 Å². The number of hydrogen-bond acceptors (Lipinski definition) is 6. The summed E-state index contributed by atoms with van der Waals surface area (Å²) in [4.78, 5) is 8.58. The highest BCUT2D eigenvalue weighted by Gasteiger charge is 2.13. The van der Waals surface area contributed by atoms with Gasteiger partial charge in [0, 0.05) is 49.1 Å². The van der Waals surface area contributed by atoms with Crippen molar-refractivity contribution in [2.24, 2.45) is 0 Å². The fourth-order valence-corrected chi connectivity index (χ4v) is 2.70. The van der Waals surface area contributed by atoms with Crippen molar-refractivity contribution in [2.75, 3.05) is 11.9 Å². The number of aryl methyl sites for hydroxylation is 1. The van der Waals surface area contributed by atoms with Gasteiger partial charge in [0.2, 0.25) is 0 Å². The van der Waals surface area contributed by atoms with Gasteiger partial charge in [-0.05, 0) is 41.0 Å². The molecule has 0 fully saturated rings. The van der Waals surface area contributed by atoms with Gasteiger partial charge in [-0.15, -0.1) is 0 Å². The minimum atomic E-state index is 0.725. The Morgan fingerprint density at radius 2 is 2.12 bits per heavy atom. The van der Waals surface area contributed by atoms with Crippen molar-refractivity contribution < 1.29 is 4.63 Å². The maximum atomic E-state index is 4.84. The number of pyridine rings is 1. The summed E-state index contributed by atoms with van der Waals surface area (Å²) >= 11 is 0. The van der Waals surface area contributed by atoms with Crippen LogP contribution in [0.15, 0.2) is 53.7 Å². The lowest BCUT2D eigenvalue weighted by molar-refractivity contribution is 0.315. The Labute approximate surface area is 138 Å². The standard InChI is InChI=1S/C17H16N6O/c1-12-11-18-6-5-14(12)19-7-9-23-10-8-20-17(23)13-3-2-4-15-16(13)22-24-21-15/h2-6,8,10-11H,7,9H2,1H3,(H,18,19). The zero-order valence-corrected chi connectivity index (χ0v) is 13.2. The van der Waals surface area contributed by atoms with E-state index in [2.05, 4.69) is 30.2 Å². The number of hydrogen-bond donors (Lipinski definition) is 1. The van der Waals surface area contributed by atoms with Gasteiger partial charge in [0.15, 0.2) is 0 Å². The maximum Gasteiger partial charge on any atom is 0.146 e. The molecule has 24 heavy (non-hydrogen) atoms. The van der Waals surface area contributed by atoms with Crippen LogP contribution in [-0.2, 0) is 6.54 Å². The highest BCUT2D eigenvalue weighted by Crippen LogP contribution is 2.25. The topological polar surface area (TPSA) is 81.7 Å². The normalized spacial score (nSPS) is 11.0. The van der Waals surface area contributed by atoms with E-state index in [-0.39, 0.29) is 0 Å². The first-order valence-electron chi connectivity index (χ1n) is 7.70. The van der Waals surface area contributed by atoms with Gasteiger partial charge in [0.25, 0.3) is 0 Å². The van der Waals surface area contributed by atoms with E-state index in [0.717, 1.165) is 46.8 Å². The van der Waals surface area contributed by atoms with Crippen LogP contribution in [0.1, 0.15) is 5.56 Å². The second-order valence-corrected chi connectivity index (χ2v) is 5.50. The molecule has 0 aliphatic carbocycles. The molecular weight excluding hydrogens is 304 g/mol. The number of nitrogens with zero attached hydrogens (tertiary/aromatic N) is 5. The summed E-state index contributed by atoms with van der Waals surface area (Å²) in [6.45, 7) is 3.59. The highest BCUT2D eigenvalue weighted by molar-refractivity contribution is 5.88. The Morgan fingerprint density at radius 1 is 1.17 bits per heavy atom. The number of aromatic nitrogens is 5. The lowest BCUT2D eigenvalue weighted by Gasteiger charge is -2.11. The lowest BCUT2D eigenvalue weighted by Crippen LogP contribution is -2.11. The van der Waals surface area contributed by atoms with Gasteiger partial charge < -0.3 is 9.88 Å². The Kier molecular flexibility index (Phi) is 3.66. The SMILES string of the molecule is Cc1cnccc1NCCn1ccnc1-c1cccc2nonc12. The van der Waals surface area contributed by atoms with E-state index in [4.69, 9.17) is 4.63 Å². The van der Waals surface area contributed by atoms with Crippen LogP contribution < -0.4 is 5.32 Å². The van der Waals surface area contributed by atoms with Crippen LogP contribution in [0, 0.1) is 6.92 Å². The van der Waals surface area contributed by atoms with Crippen LogP contribution in [0.25, 0.3) is 22.4 Å². The van der Waals surface area contributed by atoms with Gasteiger partial charge in [-0.1, -0.05) is 6.07 Å². The molecule has 3 aromatic heterocycles. The van der Waals surface area contributed by atoms with E-state index < -0.39 is 0 Å². The molecule has 7 nitrogen and oxygen atoms in total. The zero-order chi connectivity index (χ0) is 16.4. The van der Waals surface area contributed by atoms with Crippen molar-refractivity contribution in [1.82, 2.24) is 24.8 Å². The van der Waals surface area contributed by atoms with Gasteiger partial charge in [-0.3, -0.25) is 4.98 Å². The van der Waals surface area contributed by atoms with Gasteiger partial charge >= 0.3 is 0 Å². The molecule has 4 aromatic rings. The highest BCUT2D eigenvalue weighted by atomic mass is 16.6. The monoisotopic (exact) mass is 320 g/mol. The van der Waals surface area contributed by atoms with Crippen LogP contribution in [0.3, 0.4) is 0 Å². The minimum absolute atomic E-state index is 0.725.